The number of aromatic nitrogens is 2. The van der Waals surface area contributed by atoms with Gasteiger partial charge >= 0.3 is 6.01 Å². The monoisotopic (exact) mass is 244 g/mol. The van der Waals surface area contributed by atoms with Crippen LogP contribution < -0.4 is 0 Å². The largest absolute Gasteiger partial charge is 0.423 e. The van der Waals surface area contributed by atoms with Gasteiger partial charge in [-0.05, 0) is 36.4 Å². The minimum absolute atomic E-state index is 0.556. The van der Waals surface area contributed by atoms with Crippen molar-refractivity contribution in [3.8, 4) is 17.3 Å². The quantitative estimate of drug-likeness (QED) is 0.687. The van der Waals surface area contributed by atoms with Crippen molar-refractivity contribution in [1.29, 1.82) is 0 Å². The van der Waals surface area contributed by atoms with Crippen LogP contribution in [0.2, 0.25) is 5.02 Å². The highest BCUT2D eigenvalue weighted by atomic mass is 35.5. The molecule has 0 spiro atoms. The Kier molecular flexibility index (Phi) is 2.46. The van der Waals surface area contributed by atoms with Gasteiger partial charge in [-0.1, -0.05) is 11.6 Å². The smallest absolute Gasteiger partial charge is 0.306 e. The lowest BCUT2D eigenvalue weighted by Crippen LogP contribution is -1.87. The van der Waals surface area contributed by atoms with Crippen LogP contribution in [0, 0.1) is 0 Å². The average Bonchev–Trinajstić information content (AvgIpc) is 3.00. The number of benzene rings is 1. The third-order valence-electron chi connectivity index (χ3n) is 2.45. The Labute approximate surface area is 103 Å². The normalized spacial score (nSPS) is 10.6. The van der Waals surface area contributed by atoms with Crippen molar-refractivity contribution >= 4 is 11.6 Å². The van der Waals surface area contributed by atoms with Crippen LogP contribution >= 0.6 is 11.6 Å². The van der Waals surface area contributed by atoms with Gasteiger partial charge in [0.05, 0.1) is 6.20 Å². The van der Waals surface area contributed by atoms with Gasteiger partial charge in [-0.15, -0.1) is 0 Å². The highest BCUT2D eigenvalue weighted by molar-refractivity contribution is 6.30. The van der Waals surface area contributed by atoms with Crippen LogP contribution in [-0.2, 0) is 0 Å². The zero-order valence-electron chi connectivity index (χ0n) is 8.88. The van der Waals surface area contributed by atoms with Gasteiger partial charge in [-0.2, -0.15) is 0 Å². The third-order valence-corrected chi connectivity index (χ3v) is 2.70. The molecule has 0 unspecified atom stereocenters. The van der Waals surface area contributed by atoms with Gasteiger partial charge < -0.3 is 4.42 Å². The molecule has 3 rings (SSSR count). The van der Waals surface area contributed by atoms with Crippen LogP contribution in [0.5, 0.6) is 0 Å². The van der Waals surface area contributed by atoms with Crippen molar-refractivity contribution in [3.05, 3.63) is 60.0 Å². The predicted molar refractivity (Wildman–Crippen MR) is 66.3 cm³/mol. The second-order valence-electron chi connectivity index (χ2n) is 3.60. The van der Waals surface area contributed by atoms with E-state index >= 15 is 0 Å². The zero-order chi connectivity index (χ0) is 11.7. The van der Waals surface area contributed by atoms with Gasteiger partial charge in [0.25, 0.3) is 0 Å². The van der Waals surface area contributed by atoms with Gasteiger partial charge in [0.2, 0.25) is 0 Å². The molecule has 3 aromatic rings. The number of rotatable bonds is 2. The lowest BCUT2D eigenvalue weighted by atomic mass is 10.2. The molecule has 1 aromatic carbocycles. The summed E-state index contributed by atoms with van der Waals surface area (Å²) in [5, 5.41) is 0.707. The molecule has 17 heavy (non-hydrogen) atoms. The molecule has 0 aliphatic rings. The van der Waals surface area contributed by atoms with Gasteiger partial charge in [-0.25, -0.2) is 4.98 Å². The maximum atomic E-state index is 5.84. The summed E-state index contributed by atoms with van der Waals surface area (Å²) in [5.74, 6) is 0.727. The van der Waals surface area contributed by atoms with E-state index in [1.807, 2.05) is 53.4 Å². The SMILES string of the molecule is Clc1ccc(-c2cnc(-n3cccc3)o2)cc1. The van der Waals surface area contributed by atoms with E-state index < -0.39 is 0 Å². The minimum atomic E-state index is 0.556. The zero-order valence-corrected chi connectivity index (χ0v) is 9.63. The van der Waals surface area contributed by atoms with E-state index in [0.717, 1.165) is 11.3 Å². The number of hydrogen-bond acceptors (Lipinski definition) is 2. The third kappa shape index (κ3) is 1.97. The minimum Gasteiger partial charge on any atom is -0.423 e. The molecule has 2 aromatic heterocycles. The highest BCUT2D eigenvalue weighted by Crippen LogP contribution is 2.23. The van der Waals surface area contributed by atoms with E-state index in [-0.39, 0.29) is 0 Å². The molecule has 4 heteroatoms. The fourth-order valence-corrected chi connectivity index (χ4v) is 1.72. The maximum absolute atomic E-state index is 5.84. The van der Waals surface area contributed by atoms with Gasteiger partial charge in [0.15, 0.2) is 5.76 Å². The second-order valence-corrected chi connectivity index (χ2v) is 4.04. The van der Waals surface area contributed by atoms with Crippen LogP contribution in [0.4, 0.5) is 0 Å². The van der Waals surface area contributed by atoms with E-state index in [2.05, 4.69) is 4.98 Å². The predicted octanol–water partition coefficient (Wildman–Crippen LogP) is 3.79. The summed E-state index contributed by atoms with van der Waals surface area (Å²) in [6.07, 6.45) is 5.48. The Morgan fingerprint density at radius 3 is 2.47 bits per heavy atom. The molecular weight excluding hydrogens is 236 g/mol. The summed E-state index contributed by atoms with van der Waals surface area (Å²) >= 11 is 5.84. The first-order valence-corrected chi connectivity index (χ1v) is 5.56. The second kappa shape index (κ2) is 4.11. The molecule has 0 atom stereocenters. The van der Waals surface area contributed by atoms with Crippen molar-refractivity contribution in [2.75, 3.05) is 0 Å². The molecule has 0 saturated carbocycles. The van der Waals surface area contributed by atoms with Crippen LogP contribution in [-0.4, -0.2) is 9.55 Å². The Hall–Kier alpha value is -2.00. The molecule has 0 fully saturated rings. The summed E-state index contributed by atoms with van der Waals surface area (Å²) in [4.78, 5) is 4.22. The summed E-state index contributed by atoms with van der Waals surface area (Å²) in [6, 6.07) is 11.9. The van der Waals surface area contributed by atoms with Gasteiger partial charge in [-0.3, -0.25) is 4.57 Å². The molecule has 2 heterocycles. The average molecular weight is 245 g/mol. The Morgan fingerprint density at radius 1 is 1.06 bits per heavy atom. The van der Waals surface area contributed by atoms with E-state index in [4.69, 9.17) is 16.0 Å². The summed E-state index contributed by atoms with van der Waals surface area (Å²) < 4.78 is 7.48. The standard InChI is InChI=1S/C13H9ClN2O/c14-11-5-3-10(4-6-11)12-9-15-13(17-12)16-7-1-2-8-16/h1-9H. The first-order chi connectivity index (χ1) is 8.33. The number of oxazole rings is 1. The van der Waals surface area contributed by atoms with Crippen molar-refractivity contribution in [3.63, 3.8) is 0 Å². The first kappa shape index (κ1) is 10.2. The molecule has 0 saturated heterocycles. The molecule has 0 radical (unpaired) electrons. The molecular formula is C13H9ClN2O. The number of halogens is 1. The molecule has 0 aliphatic carbocycles. The van der Waals surface area contributed by atoms with Crippen molar-refractivity contribution in [2.24, 2.45) is 0 Å². The molecule has 0 bridgehead atoms. The first-order valence-electron chi connectivity index (χ1n) is 5.18. The number of nitrogens with zero attached hydrogens (tertiary/aromatic N) is 2. The van der Waals surface area contributed by atoms with Crippen LogP contribution in [0.15, 0.2) is 59.4 Å². The summed E-state index contributed by atoms with van der Waals surface area (Å²) in [5.41, 5.74) is 0.959. The van der Waals surface area contributed by atoms with Gasteiger partial charge in [0, 0.05) is 23.0 Å². The van der Waals surface area contributed by atoms with Crippen LogP contribution in [0.3, 0.4) is 0 Å². The fourth-order valence-electron chi connectivity index (χ4n) is 1.59. The van der Waals surface area contributed by atoms with E-state index in [0.29, 0.717) is 11.0 Å². The van der Waals surface area contributed by atoms with E-state index in [1.54, 1.807) is 6.20 Å². The van der Waals surface area contributed by atoms with Crippen LogP contribution in [0.1, 0.15) is 0 Å². The summed E-state index contributed by atoms with van der Waals surface area (Å²) in [6.45, 7) is 0. The van der Waals surface area contributed by atoms with Crippen LogP contribution in [0.25, 0.3) is 17.3 Å². The molecule has 0 aliphatic heterocycles. The lowest BCUT2D eigenvalue weighted by Gasteiger charge is -1.96. The molecule has 0 N–H and O–H groups in total. The molecule has 3 nitrogen and oxygen atoms in total. The molecule has 0 amide bonds. The topological polar surface area (TPSA) is 31.0 Å². The summed E-state index contributed by atoms with van der Waals surface area (Å²) in [7, 11) is 0. The van der Waals surface area contributed by atoms with Crippen molar-refractivity contribution < 1.29 is 4.42 Å². The Balaban J connectivity index is 1.98. The van der Waals surface area contributed by atoms with Crippen molar-refractivity contribution in [1.82, 2.24) is 9.55 Å². The Morgan fingerprint density at radius 2 is 1.76 bits per heavy atom. The highest BCUT2D eigenvalue weighted by Gasteiger charge is 2.06. The van der Waals surface area contributed by atoms with Crippen molar-refractivity contribution in [2.45, 2.75) is 0 Å². The Bertz CT molecular complexity index is 611. The van der Waals surface area contributed by atoms with E-state index in [9.17, 15) is 0 Å². The van der Waals surface area contributed by atoms with E-state index in [1.165, 1.54) is 0 Å². The van der Waals surface area contributed by atoms with Gasteiger partial charge in [0.1, 0.15) is 0 Å². The number of hydrogen-bond donors (Lipinski definition) is 0. The lowest BCUT2D eigenvalue weighted by molar-refractivity contribution is 0.540. The maximum Gasteiger partial charge on any atom is 0.306 e. The molecule has 84 valence electrons. The fraction of sp³-hybridized carbons (Fsp3) is 0.